The van der Waals surface area contributed by atoms with Gasteiger partial charge in [-0.25, -0.2) is 9.50 Å². The molecule has 16 heavy (non-hydrogen) atoms. The van der Waals surface area contributed by atoms with Gasteiger partial charge in [-0.05, 0) is 41.5 Å². The van der Waals surface area contributed by atoms with Crippen LogP contribution in [-0.4, -0.2) is 28.2 Å². The number of likely N-dealkylation sites (N-methyl/N-ethyl adjacent to an activating group) is 1. The molecule has 86 valence electrons. The zero-order chi connectivity index (χ0) is 11.5. The lowest BCUT2D eigenvalue weighted by Gasteiger charge is -1.98. The fourth-order valence-electron chi connectivity index (χ4n) is 1.58. The molecule has 2 heterocycles. The standard InChI is InChI=1S/C11H15BrN4/c1-3-8-4-5-10-14-9(6-7-13-2)11(12)16(10)15-8/h4-5,13H,3,6-7H2,1-2H3. The van der Waals surface area contributed by atoms with Crippen LogP contribution in [0, 0.1) is 0 Å². The van der Waals surface area contributed by atoms with Crippen LogP contribution in [0.5, 0.6) is 0 Å². The molecule has 0 spiro atoms. The van der Waals surface area contributed by atoms with Crippen molar-refractivity contribution in [3.63, 3.8) is 0 Å². The fraction of sp³-hybridized carbons (Fsp3) is 0.455. The normalized spacial score (nSPS) is 11.2. The highest BCUT2D eigenvalue weighted by atomic mass is 79.9. The first-order valence-electron chi connectivity index (χ1n) is 5.44. The summed E-state index contributed by atoms with van der Waals surface area (Å²) in [4.78, 5) is 4.54. The first kappa shape index (κ1) is 11.5. The molecule has 0 unspecified atom stereocenters. The molecule has 0 aliphatic rings. The molecule has 0 fully saturated rings. The van der Waals surface area contributed by atoms with Crippen LogP contribution in [0.25, 0.3) is 5.65 Å². The van der Waals surface area contributed by atoms with Gasteiger partial charge in [0.1, 0.15) is 4.60 Å². The average Bonchev–Trinajstić information content (AvgIpc) is 2.63. The van der Waals surface area contributed by atoms with Crippen LogP contribution in [-0.2, 0) is 12.8 Å². The molecule has 0 bridgehead atoms. The second-order valence-corrected chi connectivity index (χ2v) is 4.40. The molecule has 0 saturated carbocycles. The average molecular weight is 283 g/mol. The van der Waals surface area contributed by atoms with Crippen LogP contribution in [0.4, 0.5) is 0 Å². The van der Waals surface area contributed by atoms with Crippen molar-refractivity contribution in [1.82, 2.24) is 19.9 Å². The molecule has 0 aromatic carbocycles. The van der Waals surface area contributed by atoms with E-state index < -0.39 is 0 Å². The van der Waals surface area contributed by atoms with Crippen molar-refractivity contribution >= 4 is 21.6 Å². The third-order valence-electron chi connectivity index (χ3n) is 2.52. The second-order valence-electron chi connectivity index (χ2n) is 3.65. The molecule has 2 aromatic rings. The summed E-state index contributed by atoms with van der Waals surface area (Å²) in [7, 11) is 1.94. The Kier molecular flexibility index (Phi) is 3.56. The number of hydrogen-bond acceptors (Lipinski definition) is 3. The van der Waals surface area contributed by atoms with Gasteiger partial charge in [0.05, 0.1) is 11.4 Å². The smallest absolute Gasteiger partial charge is 0.155 e. The van der Waals surface area contributed by atoms with E-state index in [1.807, 2.05) is 23.7 Å². The number of halogens is 1. The van der Waals surface area contributed by atoms with Gasteiger partial charge in [0.25, 0.3) is 0 Å². The van der Waals surface area contributed by atoms with Crippen LogP contribution in [0.2, 0.25) is 0 Å². The Balaban J connectivity index is 2.42. The summed E-state index contributed by atoms with van der Waals surface area (Å²) in [5.41, 5.74) is 3.02. The highest BCUT2D eigenvalue weighted by Crippen LogP contribution is 2.18. The van der Waals surface area contributed by atoms with Gasteiger partial charge in [-0.2, -0.15) is 5.10 Å². The van der Waals surface area contributed by atoms with Crippen molar-refractivity contribution in [2.45, 2.75) is 19.8 Å². The number of aryl methyl sites for hydroxylation is 1. The molecule has 0 saturated heterocycles. The minimum Gasteiger partial charge on any atom is -0.319 e. The van der Waals surface area contributed by atoms with E-state index in [1.165, 1.54) is 0 Å². The van der Waals surface area contributed by atoms with E-state index in [4.69, 9.17) is 0 Å². The fourth-order valence-corrected chi connectivity index (χ4v) is 2.13. The van der Waals surface area contributed by atoms with E-state index in [0.717, 1.165) is 41.0 Å². The minimum absolute atomic E-state index is 0.898. The molecule has 0 radical (unpaired) electrons. The van der Waals surface area contributed by atoms with E-state index in [9.17, 15) is 0 Å². The number of fused-ring (bicyclic) bond motifs is 1. The Morgan fingerprint density at radius 3 is 2.94 bits per heavy atom. The van der Waals surface area contributed by atoms with Gasteiger partial charge in [-0.3, -0.25) is 0 Å². The number of hydrogen-bond donors (Lipinski definition) is 1. The lowest BCUT2D eigenvalue weighted by Crippen LogP contribution is -2.10. The number of rotatable bonds is 4. The van der Waals surface area contributed by atoms with Crippen LogP contribution in [0.3, 0.4) is 0 Å². The summed E-state index contributed by atoms with van der Waals surface area (Å²) in [6.45, 7) is 3.02. The van der Waals surface area contributed by atoms with E-state index in [0.29, 0.717) is 0 Å². The first-order valence-corrected chi connectivity index (χ1v) is 6.23. The number of nitrogens with one attached hydrogen (secondary N) is 1. The van der Waals surface area contributed by atoms with Crippen molar-refractivity contribution in [3.05, 3.63) is 28.1 Å². The predicted octanol–water partition coefficient (Wildman–Crippen LogP) is 1.82. The summed E-state index contributed by atoms with van der Waals surface area (Å²) in [6.07, 6.45) is 1.84. The van der Waals surface area contributed by atoms with Gasteiger partial charge >= 0.3 is 0 Å². The Labute approximate surface area is 103 Å². The van der Waals surface area contributed by atoms with Crippen molar-refractivity contribution in [1.29, 1.82) is 0 Å². The van der Waals surface area contributed by atoms with Gasteiger partial charge in [-0.15, -0.1) is 0 Å². The maximum Gasteiger partial charge on any atom is 0.155 e. The maximum absolute atomic E-state index is 4.54. The lowest BCUT2D eigenvalue weighted by atomic mass is 10.3. The van der Waals surface area contributed by atoms with Gasteiger partial charge in [-0.1, -0.05) is 6.92 Å². The monoisotopic (exact) mass is 282 g/mol. The Morgan fingerprint density at radius 2 is 2.25 bits per heavy atom. The van der Waals surface area contributed by atoms with Crippen LogP contribution < -0.4 is 5.32 Å². The Bertz CT molecular complexity index is 492. The van der Waals surface area contributed by atoms with Crippen LogP contribution in [0.15, 0.2) is 16.7 Å². The molecule has 0 aliphatic carbocycles. The third kappa shape index (κ3) is 2.10. The van der Waals surface area contributed by atoms with E-state index in [2.05, 4.69) is 38.3 Å². The Hall–Kier alpha value is -0.940. The summed E-state index contributed by atoms with van der Waals surface area (Å²) >= 11 is 3.56. The van der Waals surface area contributed by atoms with Crippen molar-refractivity contribution in [2.24, 2.45) is 0 Å². The zero-order valence-electron chi connectivity index (χ0n) is 9.50. The number of imidazole rings is 1. The third-order valence-corrected chi connectivity index (χ3v) is 3.31. The molecule has 2 rings (SSSR count). The summed E-state index contributed by atoms with van der Waals surface area (Å²) in [5.74, 6) is 0. The molecular weight excluding hydrogens is 268 g/mol. The largest absolute Gasteiger partial charge is 0.319 e. The van der Waals surface area contributed by atoms with Gasteiger partial charge < -0.3 is 5.32 Å². The van der Waals surface area contributed by atoms with Crippen LogP contribution in [0.1, 0.15) is 18.3 Å². The molecule has 4 nitrogen and oxygen atoms in total. The van der Waals surface area contributed by atoms with Gasteiger partial charge in [0.2, 0.25) is 0 Å². The van der Waals surface area contributed by atoms with Crippen molar-refractivity contribution in [3.8, 4) is 0 Å². The molecule has 0 atom stereocenters. The quantitative estimate of drug-likeness (QED) is 0.930. The summed E-state index contributed by atoms with van der Waals surface area (Å²) in [6, 6.07) is 4.04. The molecule has 0 amide bonds. The molecule has 0 aliphatic heterocycles. The lowest BCUT2D eigenvalue weighted by molar-refractivity contribution is 0.774. The highest BCUT2D eigenvalue weighted by Gasteiger charge is 2.10. The highest BCUT2D eigenvalue weighted by molar-refractivity contribution is 9.10. The number of nitrogens with zero attached hydrogens (tertiary/aromatic N) is 3. The first-order chi connectivity index (χ1) is 7.76. The Morgan fingerprint density at radius 1 is 1.44 bits per heavy atom. The van der Waals surface area contributed by atoms with E-state index >= 15 is 0 Å². The van der Waals surface area contributed by atoms with Gasteiger partial charge in [0, 0.05) is 13.0 Å². The minimum atomic E-state index is 0.898. The zero-order valence-corrected chi connectivity index (χ0v) is 11.1. The summed E-state index contributed by atoms with van der Waals surface area (Å²) in [5, 5.41) is 7.63. The molecular formula is C11H15BrN4. The topological polar surface area (TPSA) is 42.2 Å². The van der Waals surface area contributed by atoms with Crippen molar-refractivity contribution < 1.29 is 0 Å². The van der Waals surface area contributed by atoms with Crippen molar-refractivity contribution in [2.75, 3.05) is 13.6 Å². The van der Waals surface area contributed by atoms with E-state index in [1.54, 1.807) is 0 Å². The predicted molar refractivity (Wildman–Crippen MR) is 67.7 cm³/mol. The maximum atomic E-state index is 4.54. The molecule has 2 aromatic heterocycles. The van der Waals surface area contributed by atoms with Gasteiger partial charge in [0.15, 0.2) is 5.65 Å². The van der Waals surface area contributed by atoms with Crippen LogP contribution >= 0.6 is 15.9 Å². The second kappa shape index (κ2) is 4.93. The molecule has 5 heteroatoms. The van der Waals surface area contributed by atoms with E-state index in [-0.39, 0.29) is 0 Å². The SMILES string of the molecule is CCc1ccc2nc(CCNC)c(Br)n2n1. The number of aromatic nitrogens is 3. The summed E-state index contributed by atoms with van der Waals surface area (Å²) < 4.78 is 2.83. The molecule has 1 N–H and O–H groups in total.